The number of anilines is 1. The minimum atomic E-state index is -1.05. The zero-order valence-electron chi connectivity index (χ0n) is 15.7. The summed E-state index contributed by atoms with van der Waals surface area (Å²) in [5.41, 5.74) is 4.29. The van der Waals surface area contributed by atoms with E-state index in [9.17, 15) is 9.90 Å². The van der Waals surface area contributed by atoms with Gasteiger partial charge in [-0.25, -0.2) is 4.98 Å². The standard InChI is InChI=1S/C23H20N2O2S2/c26-22(27)12-13-25(15-20-7-4-14-28-20)23-24-21(16-29-23)19-10-8-18(9-11-19)17-5-2-1-3-6-17/h1-11,14,16H,12-13,15H2,(H,26,27)/p-1. The number of rotatable bonds is 8. The number of aromatic nitrogens is 1. The van der Waals surface area contributed by atoms with E-state index in [2.05, 4.69) is 36.4 Å². The van der Waals surface area contributed by atoms with Crippen LogP contribution in [0.3, 0.4) is 0 Å². The third kappa shape index (κ3) is 4.91. The summed E-state index contributed by atoms with van der Waals surface area (Å²) >= 11 is 3.19. The number of nitrogens with zero attached hydrogens (tertiary/aromatic N) is 2. The molecule has 0 atom stereocenters. The molecule has 4 aromatic rings. The molecule has 0 aliphatic heterocycles. The highest BCUT2D eigenvalue weighted by atomic mass is 32.1. The second-order valence-electron chi connectivity index (χ2n) is 6.58. The van der Waals surface area contributed by atoms with Gasteiger partial charge in [0.15, 0.2) is 5.13 Å². The zero-order valence-corrected chi connectivity index (χ0v) is 17.3. The van der Waals surface area contributed by atoms with Crippen LogP contribution in [-0.4, -0.2) is 17.5 Å². The minimum Gasteiger partial charge on any atom is -0.550 e. The third-order valence-electron chi connectivity index (χ3n) is 4.56. The lowest BCUT2D eigenvalue weighted by molar-refractivity contribution is -0.305. The molecule has 0 saturated heterocycles. The lowest BCUT2D eigenvalue weighted by Crippen LogP contribution is -2.30. The molecule has 0 spiro atoms. The van der Waals surface area contributed by atoms with E-state index in [-0.39, 0.29) is 6.42 Å². The van der Waals surface area contributed by atoms with Gasteiger partial charge in [0.05, 0.1) is 12.2 Å². The molecule has 4 nitrogen and oxygen atoms in total. The number of aliphatic carboxylic acids is 1. The Morgan fingerprint density at radius 1 is 0.897 bits per heavy atom. The molecule has 0 saturated carbocycles. The van der Waals surface area contributed by atoms with Crippen molar-refractivity contribution >= 4 is 33.8 Å². The average Bonchev–Trinajstić information content (AvgIpc) is 3.44. The van der Waals surface area contributed by atoms with Crippen LogP contribution in [0, 0.1) is 0 Å². The Morgan fingerprint density at radius 2 is 1.62 bits per heavy atom. The van der Waals surface area contributed by atoms with Gasteiger partial charge in [0.2, 0.25) is 0 Å². The summed E-state index contributed by atoms with van der Waals surface area (Å²) in [5.74, 6) is -1.05. The van der Waals surface area contributed by atoms with E-state index in [1.807, 2.05) is 46.0 Å². The largest absolute Gasteiger partial charge is 0.550 e. The van der Waals surface area contributed by atoms with Crippen molar-refractivity contribution in [2.24, 2.45) is 0 Å². The van der Waals surface area contributed by atoms with E-state index in [1.54, 1.807) is 11.3 Å². The van der Waals surface area contributed by atoms with Gasteiger partial charge >= 0.3 is 0 Å². The molecule has 4 rings (SSSR count). The number of hydrogen-bond acceptors (Lipinski definition) is 6. The fraction of sp³-hybridized carbons (Fsp3) is 0.130. The Balaban J connectivity index is 1.54. The van der Waals surface area contributed by atoms with E-state index < -0.39 is 5.97 Å². The number of carboxylic acid groups (broad SMARTS) is 1. The van der Waals surface area contributed by atoms with Crippen LogP contribution < -0.4 is 10.0 Å². The number of carbonyl (C=O) groups excluding carboxylic acids is 1. The molecule has 2 aromatic heterocycles. The maximum absolute atomic E-state index is 11.0. The Kier molecular flexibility index (Phi) is 6.03. The van der Waals surface area contributed by atoms with E-state index in [4.69, 9.17) is 4.98 Å². The molecule has 0 aliphatic carbocycles. The lowest BCUT2D eigenvalue weighted by atomic mass is 10.0. The first-order valence-corrected chi connectivity index (χ1v) is 11.0. The first-order chi connectivity index (χ1) is 14.2. The van der Waals surface area contributed by atoms with Gasteiger partial charge in [0, 0.05) is 34.8 Å². The molecule has 2 aromatic carbocycles. The molecule has 0 radical (unpaired) electrons. The Labute approximate surface area is 177 Å². The molecular formula is C23H19N2O2S2-. The van der Waals surface area contributed by atoms with Crippen molar-refractivity contribution < 1.29 is 9.90 Å². The van der Waals surface area contributed by atoms with E-state index in [1.165, 1.54) is 21.8 Å². The number of carboxylic acids is 1. The smallest absolute Gasteiger partial charge is 0.186 e. The normalized spacial score (nSPS) is 10.8. The molecule has 0 unspecified atom stereocenters. The lowest BCUT2D eigenvalue weighted by Gasteiger charge is -2.21. The van der Waals surface area contributed by atoms with Gasteiger partial charge in [0.25, 0.3) is 0 Å². The quantitative estimate of drug-likeness (QED) is 0.416. The minimum absolute atomic E-state index is 0.0218. The van der Waals surface area contributed by atoms with Crippen LogP contribution in [0.2, 0.25) is 0 Å². The molecule has 29 heavy (non-hydrogen) atoms. The van der Waals surface area contributed by atoms with Gasteiger partial charge in [-0.1, -0.05) is 60.7 Å². The second-order valence-corrected chi connectivity index (χ2v) is 8.45. The molecule has 0 N–H and O–H groups in total. The molecule has 6 heteroatoms. The SMILES string of the molecule is O=C([O-])CCN(Cc1cccs1)c1nc(-c2ccc(-c3ccccc3)cc2)cs1. The van der Waals surface area contributed by atoms with Crippen molar-refractivity contribution in [3.8, 4) is 22.4 Å². The topological polar surface area (TPSA) is 56.3 Å². The van der Waals surface area contributed by atoms with Crippen molar-refractivity contribution in [2.75, 3.05) is 11.4 Å². The number of thiophene rings is 1. The summed E-state index contributed by atoms with van der Waals surface area (Å²) in [5, 5.41) is 15.8. The number of thiazole rings is 1. The zero-order chi connectivity index (χ0) is 20.1. The van der Waals surface area contributed by atoms with E-state index in [0.29, 0.717) is 13.1 Å². The van der Waals surface area contributed by atoms with E-state index in [0.717, 1.165) is 22.0 Å². The van der Waals surface area contributed by atoms with Crippen LogP contribution in [-0.2, 0) is 11.3 Å². The summed E-state index contributed by atoms with van der Waals surface area (Å²) in [6.07, 6.45) is -0.0218. The molecule has 2 heterocycles. The van der Waals surface area contributed by atoms with Crippen LogP contribution in [0.4, 0.5) is 5.13 Å². The van der Waals surface area contributed by atoms with Crippen molar-refractivity contribution in [3.05, 3.63) is 82.4 Å². The maximum Gasteiger partial charge on any atom is 0.186 e. The Morgan fingerprint density at radius 3 is 2.31 bits per heavy atom. The monoisotopic (exact) mass is 419 g/mol. The van der Waals surface area contributed by atoms with Crippen molar-refractivity contribution in [2.45, 2.75) is 13.0 Å². The molecule has 0 fully saturated rings. The first kappa shape index (κ1) is 19.4. The average molecular weight is 420 g/mol. The summed E-state index contributed by atoms with van der Waals surface area (Å²) in [6.45, 7) is 1.02. The summed E-state index contributed by atoms with van der Waals surface area (Å²) in [4.78, 5) is 18.9. The predicted molar refractivity (Wildman–Crippen MR) is 118 cm³/mol. The summed E-state index contributed by atoms with van der Waals surface area (Å²) < 4.78 is 0. The molecular weight excluding hydrogens is 400 g/mol. The van der Waals surface area contributed by atoms with Crippen LogP contribution >= 0.6 is 22.7 Å². The molecule has 0 aliphatic rings. The van der Waals surface area contributed by atoms with Gasteiger partial charge in [-0.15, -0.1) is 22.7 Å². The van der Waals surface area contributed by atoms with Crippen LogP contribution in [0.5, 0.6) is 0 Å². The highest BCUT2D eigenvalue weighted by molar-refractivity contribution is 7.14. The van der Waals surface area contributed by atoms with Crippen LogP contribution in [0.1, 0.15) is 11.3 Å². The fourth-order valence-corrected chi connectivity index (χ4v) is 4.65. The van der Waals surface area contributed by atoms with Crippen LogP contribution in [0.15, 0.2) is 77.5 Å². The van der Waals surface area contributed by atoms with Gasteiger partial charge in [-0.2, -0.15) is 0 Å². The van der Waals surface area contributed by atoms with Crippen molar-refractivity contribution in [1.29, 1.82) is 0 Å². The number of benzene rings is 2. The Bertz CT molecular complexity index is 1060. The van der Waals surface area contributed by atoms with Crippen molar-refractivity contribution in [1.82, 2.24) is 4.98 Å². The highest BCUT2D eigenvalue weighted by Crippen LogP contribution is 2.30. The van der Waals surface area contributed by atoms with Gasteiger partial charge in [-0.05, 0) is 22.6 Å². The van der Waals surface area contributed by atoms with Crippen LogP contribution in [0.25, 0.3) is 22.4 Å². The molecule has 0 amide bonds. The number of hydrogen-bond donors (Lipinski definition) is 0. The first-order valence-electron chi connectivity index (χ1n) is 9.27. The van der Waals surface area contributed by atoms with Gasteiger partial charge < -0.3 is 14.8 Å². The molecule has 146 valence electrons. The van der Waals surface area contributed by atoms with Gasteiger partial charge in [-0.3, -0.25) is 0 Å². The fourth-order valence-electron chi connectivity index (χ4n) is 3.07. The summed E-state index contributed by atoms with van der Waals surface area (Å²) in [7, 11) is 0. The number of carbonyl (C=O) groups is 1. The third-order valence-corrected chi connectivity index (χ3v) is 6.33. The maximum atomic E-state index is 11.0. The Hall–Kier alpha value is -2.96. The highest BCUT2D eigenvalue weighted by Gasteiger charge is 2.14. The molecule has 0 bridgehead atoms. The summed E-state index contributed by atoms with van der Waals surface area (Å²) in [6, 6.07) is 22.7. The van der Waals surface area contributed by atoms with Crippen molar-refractivity contribution in [3.63, 3.8) is 0 Å². The predicted octanol–water partition coefficient (Wildman–Crippen LogP) is 4.69. The van der Waals surface area contributed by atoms with E-state index >= 15 is 0 Å². The second kappa shape index (κ2) is 9.03. The van der Waals surface area contributed by atoms with Gasteiger partial charge in [0.1, 0.15) is 0 Å².